The van der Waals surface area contributed by atoms with E-state index in [1.807, 2.05) is 18.2 Å². The summed E-state index contributed by atoms with van der Waals surface area (Å²) in [7, 11) is 1.68. The largest absolute Gasteiger partial charge is 0.497 e. The number of hydrogen-bond acceptors (Lipinski definition) is 3. The van der Waals surface area contributed by atoms with E-state index in [0.29, 0.717) is 12.2 Å². The highest BCUT2D eigenvalue weighted by Gasteiger charge is 2.56. The molecule has 6 rings (SSSR count). The normalized spacial score (nSPS) is 39.9. The van der Waals surface area contributed by atoms with E-state index in [-0.39, 0.29) is 11.5 Å². The van der Waals surface area contributed by atoms with Crippen LogP contribution in [0.1, 0.15) is 44.1 Å². The summed E-state index contributed by atoms with van der Waals surface area (Å²) in [6.45, 7) is 0. The van der Waals surface area contributed by atoms with E-state index in [9.17, 15) is 4.79 Å². The molecule has 0 N–H and O–H groups in total. The van der Waals surface area contributed by atoms with Crippen molar-refractivity contribution < 1.29 is 14.3 Å². The van der Waals surface area contributed by atoms with E-state index in [1.165, 1.54) is 19.3 Å². The zero-order chi connectivity index (χ0) is 15.6. The molecule has 4 fully saturated rings. The first-order valence-corrected chi connectivity index (χ1v) is 9.03. The van der Waals surface area contributed by atoms with Crippen molar-refractivity contribution in [3.63, 3.8) is 0 Å². The molecule has 122 valence electrons. The summed E-state index contributed by atoms with van der Waals surface area (Å²) in [5.74, 6) is 4.51. The average molecular weight is 312 g/mol. The Morgan fingerprint density at radius 2 is 1.78 bits per heavy atom. The molecular weight excluding hydrogens is 288 g/mol. The SMILES string of the molecule is COc1ccc2c(c1)CC(C(=O)C13CC4CC(CC(C4)C1)C3)O2. The standard InChI is InChI=1S/C20H24O3/c1-22-16-2-3-17-15(7-16)8-18(23-17)19(21)20-9-12-4-13(10-20)6-14(5-12)11-20/h2-3,7,12-14,18H,4-6,8-11H2,1H3. The van der Waals surface area contributed by atoms with Gasteiger partial charge in [-0.2, -0.15) is 0 Å². The molecule has 4 aliphatic carbocycles. The Morgan fingerprint density at radius 3 is 2.39 bits per heavy atom. The number of carbonyl (C=O) groups is 1. The molecule has 0 amide bonds. The Labute approximate surface area is 137 Å². The lowest BCUT2D eigenvalue weighted by Gasteiger charge is -2.56. The lowest BCUT2D eigenvalue weighted by molar-refractivity contribution is -0.150. The van der Waals surface area contributed by atoms with Gasteiger partial charge in [0.2, 0.25) is 0 Å². The maximum atomic E-state index is 13.4. The molecular formula is C20H24O3. The molecule has 1 aliphatic heterocycles. The lowest BCUT2D eigenvalue weighted by atomic mass is 9.48. The van der Waals surface area contributed by atoms with E-state index in [1.54, 1.807) is 7.11 Å². The van der Waals surface area contributed by atoms with Gasteiger partial charge in [-0.25, -0.2) is 0 Å². The van der Waals surface area contributed by atoms with Gasteiger partial charge in [0.25, 0.3) is 0 Å². The first kappa shape index (κ1) is 13.9. The highest BCUT2D eigenvalue weighted by atomic mass is 16.5. The molecule has 0 spiro atoms. The lowest BCUT2D eigenvalue weighted by Crippen LogP contribution is -2.53. The van der Waals surface area contributed by atoms with E-state index >= 15 is 0 Å². The van der Waals surface area contributed by atoms with Gasteiger partial charge in [0.15, 0.2) is 11.9 Å². The molecule has 0 aromatic heterocycles. The molecule has 1 aromatic rings. The fourth-order valence-corrected chi connectivity index (χ4v) is 6.25. The third kappa shape index (κ3) is 2.05. The first-order valence-electron chi connectivity index (χ1n) is 9.03. The van der Waals surface area contributed by atoms with Gasteiger partial charge in [0, 0.05) is 17.4 Å². The minimum Gasteiger partial charge on any atom is -0.497 e. The maximum absolute atomic E-state index is 13.4. The van der Waals surface area contributed by atoms with E-state index < -0.39 is 0 Å². The van der Waals surface area contributed by atoms with Crippen molar-refractivity contribution in [1.29, 1.82) is 0 Å². The molecule has 0 saturated heterocycles. The van der Waals surface area contributed by atoms with Crippen LogP contribution in [0.25, 0.3) is 0 Å². The minimum absolute atomic E-state index is 0.0639. The van der Waals surface area contributed by atoms with Gasteiger partial charge in [0.1, 0.15) is 11.5 Å². The van der Waals surface area contributed by atoms with Crippen molar-refractivity contribution in [2.24, 2.45) is 23.2 Å². The predicted molar refractivity (Wildman–Crippen MR) is 86.7 cm³/mol. The highest BCUT2D eigenvalue weighted by Crippen LogP contribution is 2.61. The third-order valence-corrected chi connectivity index (χ3v) is 6.80. The van der Waals surface area contributed by atoms with Crippen molar-refractivity contribution in [3.8, 4) is 11.5 Å². The van der Waals surface area contributed by atoms with Crippen LogP contribution in [0.15, 0.2) is 18.2 Å². The summed E-state index contributed by atoms with van der Waals surface area (Å²) in [5, 5.41) is 0. The molecule has 3 nitrogen and oxygen atoms in total. The predicted octanol–water partition coefficient (Wildman–Crippen LogP) is 3.78. The fraction of sp³-hybridized carbons (Fsp3) is 0.650. The van der Waals surface area contributed by atoms with Gasteiger partial charge in [0.05, 0.1) is 7.11 Å². The number of hydrogen-bond donors (Lipinski definition) is 0. The summed E-state index contributed by atoms with van der Waals surface area (Å²) >= 11 is 0. The maximum Gasteiger partial charge on any atom is 0.179 e. The van der Waals surface area contributed by atoms with Crippen LogP contribution in [-0.4, -0.2) is 19.0 Å². The number of ether oxygens (including phenoxy) is 2. The van der Waals surface area contributed by atoms with Crippen LogP contribution >= 0.6 is 0 Å². The molecule has 1 heterocycles. The second-order valence-corrected chi connectivity index (χ2v) is 8.35. The molecule has 3 heteroatoms. The molecule has 1 unspecified atom stereocenters. The van der Waals surface area contributed by atoms with Crippen LogP contribution in [-0.2, 0) is 11.2 Å². The van der Waals surface area contributed by atoms with Gasteiger partial charge in [-0.1, -0.05) is 0 Å². The van der Waals surface area contributed by atoms with Crippen LogP contribution in [0.3, 0.4) is 0 Å². The summed E-state index contributed by atoms with van der Waals surface area (Å²) < 4.78 is 11.3. The molecule has 4 bridgehead atoms. The smallest absolute Gasteiger partial charge is 0.179 e. The summed E-state index contributed by atoms with van der Waals surface area (Å²) in [6, 6.07) is 5.87. The topological polar surface area (TPSA) is 35.5 Å². The van der Waals surface area contributed by atoms with Gasteiger partial charge in [-0.05, 0) is 74.5 Å². The number of fused-ring (bicyclic) bond motifs is 1. The molecule has 1 atom stereocenters. The minimum atomic E-state index is -0.270. The summed E-state index contributed by atoms with van der Waals surface area (Å²) in [5.41, 5.74) is 1.05. The monoisotopic (exact) mass is 312 g/mol. The van der Waals surface area contributed by atoms with Gasteiger partial charge in [-0.3, -0.25) is 4.79 Å². The van der Waals surface area contributed by atoms with Crippen LogP contribution in [0.5, 0.6) is 11.5 Å². The average Bonchev–Trinajstić information content (AvgIpc) is 2.95. The second-order valence-electron chi connectivity index (χ2n) is 8.35. The molecule has 4 saturated carbocycles. The van der Waals surface area contributed by atoms with Crippen LogP contribution in [0.4, 0.5) is 0 Å². The van der Waals surface area contributed by atoms with Crippen LogP contribution < -0.4 is 9.47 Å². The Balaban J connectivity index is 1.40. The van der Waals surface area contributed by atoms with Crippen molar-refractivity contribution >= 4 is 5.78 Å². The van der Waals surface area contributed by atoms with E-state index in [2.05, 4.69) is 0 Å². The van der Waals surface area contributed by atoms with E-state index in [4.69, 9.17) is 9.47 Å². The van der Waals surface area contributed by atoms with Crippen molar-refractivity contribution in [2.45, 2.75) is 51.0 Å². The number of Topliss-reactive ketones (excluding diaryl/α,β-unsaturated/α-hetero) is 1. The fourth-order valence-electron chi connectivity index (χ4n) is 6.25. The van der Waals surface area contributed by atoms with Crippen LogP contribution in [0.2, 0.25) is 0 Å². The number of ketones is 1. The molecule has 0 radical (unpaired) electrons. The molecule has 5 aliphatic rings. The van der Waals surface area contributed by atoms with Crippen LogP contribution in [0, 0.1) is 23.2 Å². The molecule has 1 aromatic carbocycles. The van der Waals surface area contributed by atoms with Gasteiger partial charge >= 0.3 is 0 Å². The first-order chi connectivity index (χ1) is 11.1. The van der Waals surface area contributed by atoms with Crippen molar-refractivity contribution in [2.75, 3.05) is 7.11 Å². The zero-order valence-corrected chi connectivity index (χ0v) is 13.7. The van der Waals surface area contributed by atoms with E-state index in [0.717, 1.165) is 54.1 Å². The third-order valence-electron chi connectivity index (χ3n) is 6.80. The molecule has 23 heavy (non-hydrogen) atoms. The number of rotatable bonds is 3. The Hall–Kier alpha value is -1.51. The summed E-state index contributed by atoms with van der Waals surface area (Å²) in [4.78, 5) is 13.4. The van der Waals surface area contributed by atoms with Crippen molar-refractivity contribution in [3.05, 3.63) is 23.8 Å². The second kappa shape index (κ2) is 4.75. The zero-order valence-electron chi connectivity index (χ0n) is 13.7. The Bertz CT molecular complexity index is 628. The van der Waals surface area contributed by atoms with Gasteiger partial charge in [-0.15, -0.1) is 0 Å². The Morgan fingerprint density at radius 1 is 1.13 bits per heavy atom. The number of methoxy groups -OCH3 is 1. The van der Waals surface area contributed by atoms with Crippen molar-refractivity contribution in [1.82, 2.24) is 0 Å². The quantitative estimate of drug-likeness (QED) is 0.852. The summed E-state index contributed by atoms with van der Waals surface area (Å²) in [6.07, 6.45) is 7.92. The Kier molecular flexibility index (Phi) is 2.87. The number of benzene rings is 1. The highest BCUT2D eigenvalue weighted by molar-refractivity contribution is 5.90. The number of carbonyl (C=O) groups excluding carboxylic acids is 1. The van der Waals surface area contributed by atoms with Gasteiger partial charge < -0.3 is 9.47 Å².